The molecule has 1 aliphatic rings. The van der Waals surface area contributed by atoms with Crippen LogP contribution < -0.4 is 16.0 Å². The Balaban J connectivity index is 1.62. The molecule has 1 unspecified atom stereocenters. The van der Waals surface area contributed by atoms with Crippen LogP contribution in [0.1, 0.15) is 37.0 Å². The van der Waals surface area contributed by atoms with E-state index in [2.05, 4.69) is 47.6 Å². The lowest BCUT2D eigenvalue weighted by Crippen LogP contribution is -2.41. The molecule has 0 fully saturated rings. The summed E-state index contributed by atoms with van der Waals surface area (Å²) < 4.78 is 0. The summed E-state index contributed by atoms with van der Waals surface area (Å²) >= 11 is 0. The fourth-order valence-electron chi connectivity index (χ4n) is 3.76. The van der Waals surface area contributed by atoms with Crippen LogP contribution in [-0.2, 0) is 28.8 Å². The average Bonchev–Trinajstić information content (AvgIpc) is 3.21. The van der Waals surface area contributed by atoms with Crippen molar-refractivity contribution in [1.29, 1.82) is 5.26 Å². The van der Waals surface area contributed by atoms with Crippen LogP contribution in [0, 0.1) is 17.1 Å². The molecule has 6 nitrogen and oxygen atoms in total. The Morgan fingerprint density at radius 3 is 2.69 bits per heavy atom. The predicted octanol–water partition coefficient (Wildman–Crippen LogP) is 2.46. The van der Waals surface area contributed by atoms with E-state index in [1.807, 2.05) is 31.2 Å². The molecule has 168 valence electrons. The zero-order valence-corrected chi connectivity index (χ0v) is 19.1. The lowest BCUT2D eigenvalue weighted by Gasteiger charge is -2.13. The molecule has 0 saturated carbocycles. The molecule has 0 radical (unpaired) electrons. The molecular formula is C25H33BN4O2. The maximum atomic E-state index is 12.1. The van der Waals surface area contributed by atoms with Crippen molar-refractivity contribution >= 4 is 18.5 Å². The molecule has 0 aliphatic carbocycles. The van der Waals surface area contributed by atoms with Crippen LogP contribution in [-0.4, -0.2) is 38.2 Å². The number of carbonyl (C=O) groups excluding carboxylic acids is 2. The summed E-state index contributed by atoms with van der Waals surface area (Å²) in [5.41, 5.74) is 4.64. The van der Waals surface area contributed by atoms with Crippen molar-refractivity contribution in [3.63, 3.8) is 0 Å². The van der Waals surface area contributed by atoms with Crippen LogP contribution in [0.2, 0.25) is 0 Å². The first-order valence-corrected chi connectivity index (χ1v) is 11.1. The highest BCUT2D eigenvalue weighted by atomic mass is 16.2. The lowest BCUT2D eigenvalue weighted by molar-refractivity contribution is -0.125. The Labute approximate surface area is 191 Å². The summed E-state index contributed by atoms with van der Waals surface area (Å²) in [5, 5.41) is 17.7. The second kappa shape index (κ2) is 13.3. The topological polar surface area (TPSA) is 94.0 Å². The molecule has 0 aromatic heterocycles. The van der Waals surface area contributed by atoms with Crippen LogP contribution in [0.3, 0.4) is 0 Å². The minimum absolute atomic E-state index is 0.0490. The zero-order valence-electron chi connectivity index (χ0n) is 19.1. The zero-order chi connectivity index (χ0) is 23.3. The third-order valence-corrected chi connectivity index (χ3v) is 5.50. The van der Waals surface area contributed by atoms with Gasteiger partial charge in [-0.15, -0.1) is 0 Å². The van der Waals surface area contributed by atoms with E-state index in [4.69, 9.17) is 5.26 Å². The molecule has 3 N–H and O–H groups in total. The summed E-state index contributed by atoms with van der Waals surface area (Å²) in [5.74, 6) is 2.27. The van der Waals surface area contributed by atoms with Crippen molar-refractivity contribution in [1.82, 2.24) is 16.0 Å². The predicted molar refractivity (Wildman–Crippen MR) is 130 cm³/mol. The van der Waals surface area contributed by atoms with Crippen molar-refractivity contribution in [2.24, 2.45) is 5.92 Å². The lowest BCUT2D eigenvalue weighted by atomic mass is 9.49. The molecule has 1 aromatic rings. The number of allylic oxidation sites excluding steroid dienone is 5. The molecule has 0 spiro atoms. The summed E-state index contributed by atoms with van der Waals surface area (Å²) in [6.07, 6.45) is 10.3. The van der Waals surface area contributed by atoms with Gasteiger partial charge in [0.1, 0.15) is 0 Å². The van der Waals surface area contributed by atoms with Crippen LogP contribution in [0.4, 0.5) is 0 Å². The first kappa shape index (κ1) is 25.2. The summed E-state index contributed by atoms with van der Waals surface area (Å²) in [7, 11) is 0. The van der Waals surface area contributed by atoms with Gasteiger partial charge in [0, 0.05) is 12.5 Å². The Kier molecular flexibility index (Phi) is 10.5. The first-order valence-electron chi connectivity index (χ1n) is 11.1. The third-order valence-electron chi connectivity index (χ3n) is 5.50. The average molecular weight is 432 g/mol. The molecule has 2 rings (SSSR count). The highest BCUT2D eigenvalue weighted by Gasteiger charge is 2.25. The monoisotopic (exact) mass is 432 g/mol. The first-order chi connectivity index (χ1) is 15.4. The highest BCUT2D eigenvalue weighted by molar-refractivity contribution is 6.66. The maximum Gasteiger partial charge on any atom is 0.276 e. The Hall–Kier alpha value is -3.11. The summed E-state index contributed by atoms with van der Waals surface area (Å²) in [6.45, 7) is 9.12. The number of fused-ring (bicyclic) bond motifs is 1. The van der Waals surface area contributed by atoms with Gasteiger partial charge in [-0.2, -0.15) is 0 Å². The van der Waals surface area contributed by atoms with E-state index in [1.54, 1.807) is 6.08 Å². The highest BCUT2D eigenvalue weighted by Crippen LogP contribution is 2.22. The van der Waals surface area contributed by atoms with E-state index in [0.29, 0.717) is 19.0 Å². The molecule has 1 aliphatic heterocycles. The van der Waals surface area contributed by atoms with Crippen LogP contribution >= 0.6 is 0 Å². The van der Waals surface area contributed by atoms with Gasteiger partial charge in [0.15, 0.2) is 0 Å². The van der Waals surface area contributed by atoms with Gasteiger partial charge in [-0.3, -0.25) is 9.59 Å². The number of nitrogens with zero attached hydrogens (tertiary/aromatic N) is 1. The van der Waals surface area contributed by atoms with Crippen molar-refractivity contribution in [3.8, 4) is 5.97 Å². The van der Waals surface area contributed by atoms with Crippen LogP contribution in [0.15, 0.2) is 54.7 Å². The molecule has 2 amide bonds. The van der Waals surface area contributed by atoms with E-state index in [0.717, 1.165) is 24.6 Å². The van der Waals surface area contributed by atoms with Gasteiger partial charge in [0.05, 0.1) is 13.1 Å². The SMILES string of the molecule is C=C/C=C\C(=C/C)CC(C)CNCC(=O)NCC(=O)NCc1ccc2c(c1)CB(C#N)C2. The molecule has 7 heteroatoms. The summed E-state index contributed by atoms with van der Waals surface area (Å²) in [6, 6.07) is 6.08. The Morgan fingerprint density at radius 1 is 1.22 bits per heavy atom. The van der Waals surface area contributed by atoms with E-state index in [-0.39, 0.29) is 31.6 Å². The molecule has 0 saturated heterocycles. The number of amides is 2. The molecule has 1 heterocycles. The van der Waals surface area contributed by atoms with Gasteiger partial charge < -0.3 is 16.0 Å². The smallest absolute Gasteiger partial charge is 0.276 e. The van der Waals surface area contributed by atoms with Gasteiger partial charge in [-0.05, 0) is 44.0 Å². The quantitative estimate of drug-likeness (QED) is 0.349. The molecule has 1 atom stereocenters. The van der Waals surface area contributed by atoms with Crippen molar-refractivity contribution in [2.45, 2.75) is 39.5 Å². The Morgan fingerprint density at radius 2 is 1.97 bits per heavy atom. The molecular weight excluding hydrogens is 399 g/mol. The fourth-order valence-corrected chi connectivity index (χ4v) is 3.76. The van der Waals surface area contributed by atoms with Gasteiger partial charge >= 0.3 is 0 Å². The Bertz CT molecular complexity index is 917. The molecule has 0 bridgehead atoms. The number of nitriles is 1. The van der Waals surface area contributed by atoms with Crippen LogP contribution in [0.5, 0.6) is 0 Å². The van der Waals surface area contributed by atoms with Crippen LogP contribution in [0.25, 0.3) is 0 Å². The minimum Gasteiger partial charge on any atom is -0.350 e. The number of hydrogen-bond acceptors (Lipinski definition) is 4. The molecule has 32 heavy (non-hydrogen) atoms. The number of rotatable bonds is 12. The van der Waals surface area contributed by atoms with Gasteiger partial charge in [-0.1, -0.05) is 72.7 Å². The van der Waals surface area contributed by atoms with Crippen molar-refractivity contribution in [3.05, 3.63) is 71.3 Å². The van der Waals surface area contributed by atoms with Crippen molar-refractivity contribution in [2.75, 3.05) is 19.6 Å². The van der Waals surface area contributed by atoms with E-state index < -0.39 is 0 Å². The second-order valence-corrected chi connectivity index (χ2v) is 8.29. The van der Waals surface area contributed by atoms with E-state index >= 15 is 0 Å². The van der Waals surface area contributed by atoms with Crippen molar-refractivity contribution < 1.29 is 9.59 Å². The van der Waals surface area contributed by atoms with Gasteiger partial charge in [0.25, 0.3) is 6.71 Å². The van der Waals surface area contributed by atoms with E-state index in [1.165, 1.54) is 16.7 Å². The number of benzene rings is 1. The third kappa shape index (κ3) is 8.56. The fraction of sp³-hybridized carbons (Fsp3) is 0.400. The van der Waals surface area contributed by atoms with Gasteiger partial charge in [0.2, 0.25) is 11.8 Å². The standard InChI is InChI=1S/C25H33BN4O2/c1-4-6-7-20(5-2)10-19(3)14-28-16-24(31)30-17-25(32)29-15-21-8-9-22-12-26(18-27)13-23(22)11-21/h4-9,11,19,28H,1,10,12-17H2,2-3H3,(H,29,32)(H,30,31)/b7-6-,20-5+. The maximum absolute atomic E-state index is 12.1. The second-order valence-electron chi connectivity index (χ2n) is 8.29. The summed E-state index contributed by atoms with van der Waals surface area (Å²) in [4.78, 5) is 24.1. The number of hydrogen-bond donors (Lipinski definition) is 3. The molecule has 1 aromatic carbocycles. The number of nitrogens with one attached hydrogen (secondary N) is 3. The number of carbonyl (C=O) groups is 2. The van der Waals surface area contributed by atoms with E-state index in [9.17, 15) is 9.59 Å². The minimum atomic E-state index is -0.228. The normalized spacial score (nSPS) is 14.0. The van der Waals surface area contributed by atoms with Gasteiger partial charge in [-0.25, -0.2) is 5.26 Å². The largest absolute Gasteiger partial charge is 0.350 e.